The summed E-state index contributed by atoms with van der Waals surface area (Å²) in [5.41, 5.74) is 2.07. The molecule has 1 aromatic carbocycles. The Hall–Kier alpha value is -1.60. The summed E-state index contributed by atoms with van der Waals surface area (Å²) >= 11 is 0. The SMILES string of the molecule is CCCCN(CCO)C(=O)c1ccc2c(c1)CC(C)N2S(C)(=O)=O. The number of aliphatic hydroxyl groups is 1. The maximum Gasteiger partial charge on any atom is 0.253 e. The maximum atomic E-state index is 12.7. The van der Waals surface area contributed by atoms with Crippen molar-refractivity contribution in [2.75, 3.05) is 30.3 Å². The summed E-state index contributed by atoms with van der Waals surface area (Å²) < 4.78 is 25.3. The minimum Gasteiger partial charge on any atom is -0.395 e. The molecule has 1 unspecified atom stereocenters. The van der Waals surface area contributed by atoms with Gasteiger partial charge < -0.3 is 10.0 Å². The predicted octanol–water partition coefficient (Wildman–Crippen LogP) is 1.63. The second-order valence-corrected chi connectivity index (χ2v) is 8.18. The first kappa shape index (κ1) is 18.7. The van der Waals surface area contributed by atoms with E-state index in [-0.39, 0.29) is 18.6 Å². The molecular formula is C17H26N2O4S. The van der Waals surface area contributed by atoms with E-state index in [4.69, 9.17) is 0 Å². The van der Waals surface area contributed by atoms with Gasteiger partial charge in [0, 0.05) is 24.7 Å². The molecule has 134 valence electrons. The number of sulfonamides is 1. The standard InChI is InChI=1S/C17H26N2O4S/c1-4-5-8-18(9-10-20)17(21)14-6-7-16-15(12-14)11-13(2)19(16)24(3,22)23/h6-7,12-13,20H,4-5,8-11H2,1-3H3. The Balaban J connectivity index is 2.28. The van der Waals surface area contributed by atoms with Crippen LogP contribution >= 0.6 is 0 Å². The normalized spacial score (nSPS) is 17.0. The molecule has 0 radical (unpaired) electrons. The van der Waals surface area contributed by atoms with E-state index >= 15 is 0 Å². The number of unbranched alkanes of at least 4 members (excludes halogenated alkanes) is 1. The summed E-state index contributed by atoms with van der Waals surface area (Å²) in [6.07, 6.45) is 3.65. The number of aliphatic hydroxyl groups excluding tert-OH is 1. The Labute approximate surface area is 144 Å². The van der Waals surface area contributed by atoms with Gasteiger partial charge in [-0.1, -0.05) is 13.3 Å². The van der Waals surface area contributed by atoms with Crippen LogP contribution in [0.5, 0.6) is 0 Å². The highest BCUT2D eigenvalue weighted by atomic mass is 32.2. The summed E-state index contributed by atoms with van der Waals surface area (Å²) in [7, 11) is -3.33. The number of carbonyl (C=O) groups is 1. The molecule has 1 aliphatic heterocycles. The molecule has 1 amide bonds. The van der Waals surface area contributed by atoms with Crippen molar-refractivity contribution < 1.29 is 18.3 Å². The van der Waals surface area contributed by atoms with Gasteiger partial charge in [-0.2, -0.15) is 0 Å². The van der Waals surface area contributed by atoms with Crippen molar-refractivity contribution in [3.8, 4) is 0 Å². The van der Waals surface area contributed by atoms with E-state index in [2.05, 4.69) is 6.92 Å². The Morgan fingerprint density at radius 3 is 2.67 bits per heavy atom. The quantitative estimate of drug-likeness (QED) is 0.807. The summed E-state index contributed by atoms with van der Waals surface area (Å²) in [6, 6.07) is 5.03. The van der Waals surface area contributed by atoms with Crippen molar-refractivity contribution in [2.45, 2.75) is 39.2 Å². The summed E-state index contributed by atoms with van der Waals surface area (Å²) in [5.74, 6) is -0.120. The van der Waals surface area contributed by atoms with Gasteiger partial charge in [-0.25, -0.2) is 8.42 Å². The van der Waals surface area contributed by atoms with Gasteiger partial charge in [0.15, 0.2) is 0 Å². The van der Waals surface area contributed by atoms with E-state index < -0.39 is 10.0 Å². The van der Waals surface area contributed by atoms with Crippen molar-refractivity contribution >= 4 is 21.6 Å². The van der Waals surface area contributed by atoms with Gasteiger partial charge in [-0.05, 0) is 43.5 Å². The smallest absolute Gasteiger partial charge is 0.253 e. The van der Waals surface area contributed by atoms with Crippen LogP contribution in [0, 0.1) is 0 Å². The van der Waals surface area contributed by atoms with Gasteiger partial charge in [0.25, 0.3) is 5.91 Å². The van der Waals surface area contributed by atoms with E-state index in [9.17, 15) is 18.3 Å². The van der Waals surface area contributed by atoms with Crippen LogP contribution in [0.4, 0.5) is 5.69 Å². The lowest BCUT2D eigenvalue weighted by atomic mass is 10.1. The van der Waals surface area contributed by atoms with Crippen LogP contribution in [-0.2, 0) is 16.4 Å². The van der Waals surface area contributed by atoms with E-state index in [0.29, 0.717) is 30.8 Å². The molecule has 0 spiro atoms. The molecule has 1 aromatic rings. The predicted molar refractivity (Wildman–Crippen MR) is 94.8 cm³/mol. The fourth-order valence-electron chi connectivity index (χ4n) is 3.21. The molecule has 0 fully saturated rings. The Morgan fingerprint density at radius 2 is 2.08 bits per heavy atom. The van der Waals surface area contributed by atoms with Gasteiger partial charge in [0.2, 0.25) is 10.0 Å². The van der Waals surface area contributed by atoms with Crippen molar-refractivity contribution in [1.82, 2.24) is 4.90 Å². The van der Waals surface area contributed by atoms with E-state index in [1.165, 1.54) is 10.6 Å². The van der Waals surface area contributed by atoms with Gasteiger partial charge >= 0.3 is 0 Å². The highest BCUT2D eigenvalue weighted by molar-refractivity contribution is 7.92. The maximum absolute atomic E-state index is 12.7. The van der Waals surface area contributed by atoms with Crippen molar-refractivity contribution in [2.24, 2.45) is 0 Å². The molecule has 0 saturated heterocycles. The number of amides is 1. The Morgan fingerprint density at radius 1 is 1.38 bits per heavy atom. The average molecular weight is 354 g/mol. The number of carbonyl (C=O) groups excluding carboxylic acids is 1. The topological polar surface area (TPSA) is 77.9 Å². The molecule has 1 atom stereocenters. The molecule has 2 rings (SSSR count). The zero-order chi connectivity index (χ0) is 17.9. The monoisotopic (exact) mass is 354 g/mol. The van der Waals surface area contributed by atoms with Gasteiger partial charge in [0.05, 0.1) is 18.6 Å². The zero-order valence-corrected chi connectivity index (χ0v) is 15.3. The fourth-order valence-corrected chi connectivity index (χ4v) is 4.47. The first-order valence-electron chi connectivity index (χ1n) is 8.32. The number of benzene rings is 1. The van der Waals surface area contributed by atoms with E-state index in [0.717, 1.165) is 18.4 Å². The molecule has 1 N–H and O–H groups in total. The molecule has 0 bridgehead atoms. The number of rotatable bonds is 7. The van der Waals surface area contributed by atoms with Gasteiger partial charge in [0.1, 0.15) is 0 Å². The highest BCUT2D eigenvalue weighted by Crippen LogP contribution is 2.34. The highest BCUT2D eigenvalue weighted by Gasteiger charge is 2.33. The second-order valence-electron chi connectivity index (χ2n) is 6.32. The van der Waals surface area contributed by atoms with Crippen LogP contribution in [0.3, 0.4) is 0 Å². The van der Waals surface area contributed by atoms with Crippen LogP contribution in [-0.4, -0.2) is 56.3 Å². The van der Waals surface area contributed by atoms with E-state index in [1.807, 2.05) is 6.92 Å². The lowest BCUT2D eigenvalue weighted by Crippen LogP contribution is -2.35. The molecule has 0 aromatic heterocycles. The molecule has 24 heavy (non-hydrogen) atoms. The first-order valence-corrected chi connectivity index (χ1v) is 10.2. The third-order valence-electron chi connectivity index (χ3n) is 4.28. The molecule has 0 saturated carbocycles. The molecule has 7 heteroatoms. The summed E-state index contributed by atoms with van der Waals surface area (Å²) in [6.45, 7) is 4.76. The molecule has 0 aliphatic carbocycles. The summed E-state index contributed by atoms with van der Waals surface area (Å²) in [5, 5.41) is 9.18. The van der Waals surface area contributed by atoms with Crippen molar-refractivity contribution in [3.05, 3.63) is 29.3 Å². The first-order chi connectivity index (χ1) is 11.3. The Bertz CT molecular complexity index is 703. The number of anilines is 1. The van der Waals surface area contributed by atoms with Gasteiger partial charge in [-0.3, -0.25) is 9.10 Å². The number of nitrogens with zero attached hydrogens (tertiary/aromatic N) is 2. The van der Waals surface area contributed by atoms with E-state index in [1.54, 1.807) is 23.1 Å². The third-order valence-corrected chi connectivity index (χ3v) is 5.55. The van der Waals surface area contributed by atoms with Crippen LogP contribution in [0.25, 0.3) is 0 Å². The van der Waals surface area contributed by atoms with Crippen molar-refractivity contribution in [1.29, 1.82) is 0 Å². The zero-order valence-electron chi connectivity index (χ0n) is 14.5. The van der Waals surface area contributed by atoms with Crippen LogP contribution in [0.15, 0.2) is 18.2 Å². The minimum atomic E-state index is -3.33. The van der Waals surface area contributed by atoms with Crippen LogP contribution in [0.1, 0.15) is 42.6 Å². The largest absolute Gasteiger partial charge is 0.395 e. The number of hydrogen-bond acceptors (Lipinski definition) is 4. The fraction of sp³-hybridized carbons (Fsp3) is 0.588. The van der Waals surface area contributed by atoms with Crippen LogP contribution < -0.4 is 4.31 Å². The molecule has 6 nitrogen and oxygen atoms in total. The Kier molecular flexibility index (Phi) is 5.87. The minimum absolute atomic E-state index is 0.0702. The molecule has 1 heterocycles. The number of hydrogen-bond donors (Lipinski definition) is 1. The third kappa shape index (κ3) is 3.89. The van der Waals surface area contributed by atoms with Crippen molar-refractivity contribution in [3.63, 3.8) is 0 Å². The summed E-state index contributed by atoms with van der Waals surface area (Å²) in [4.78, 5) is 14.3. The average Bonchev–Trinajstić information content (AvgIpc) is 2.85. The second kappa shape index (κ2) is 7.53. The van der Waals surface area contributed by atoms with Crippen LogP contribution in [0.2, 0.25) is 0 Å². The van der Waals surface area contributed by atoms with Gasteiger partial charge in [-0.15, -0.1) is 0 Å². The lowest BCUT2D eigenvalue weighted by Gasteiger charge is -2.23. The lowest BCUT2D eigenvalue weighted by molar-refractivity contribution is 0.0719. The molecule has 1 aliphatic rings. The number of fused-ring (bicyclic) bond motifs is 1. The molecular weight excluding hydrogens is 328 g/mol.